The zero-order valence-electron chi connectivity index (χ0n) is 13.4. The van der Waals surface area contributed by atoms with E-state index in [4.69, 9.17) is 5.11 Å². The molecule has 0 heterocycles. The Morgan fingerprint density at radius 1 is 1.24 bits per heavy atom. The highest BCUT2D eigenvalue weighted by molar-refractivity contribution is 5.79. The fourth-order valence-electron chi connectivity index (χ4n) is 2.25. The lowest BCUT2D eigenvalue weighted by Crippen LogP contribution is -2.37. The first-order valence-corrected chi connectivity index (χ1v) is 7.84. The van der Waals surface area contributed by atoms with E-state index in [-0.39, 0.29) is 18.6 Å². The molecule has 0 saturated heterocycles. The van der Waals surface area contributed by atoms with Gasteiger partial charge < -0.3 is 15.7 Å². The Morgan fingerprint density at radius 2 is 1.90 bits per heavy atom. The molecule has 0 radical (unpaired) electrons. The van der Waals surface area contributed by atoms with Crippen LogP contribution in [0.2, 0.25) is 0 Å². The van der Waals surface area contributed by atoms with Gasteiger partial charge in [-0.2, -0.15) is 0 Å². The lowest BCUT2D eigenvalue weighted by atomic mass is 10.1. The predicted octanol–water partition coefficient (Wildman–Crippen LogP) is 2.72. The van der Waals surface area contributed by atoms with Crippen LogP contribution >= 0.6 is 0 Å². The fraction of sp³-hybridized carbons (Fsp3) is 0.588. The fourth-order valence-corrected chi connectivity index (χ4v) is 2.25. The first kappa shape index (κ1) is 17.5. The summed E-state index contributed by atoms with van der Waals surface area (Å²) >= 11 is 0. The summed E-state index contributed by atoms with van der Waals surface area (Å²) in [5, 5.41) is 15.3. The summed E-state index contributed by atoms with van der Waals surface area (Å²) in [6.07, 6.45) is 3.39. The second kappa shape index (κ2) is 9.40. The molecule has 3 N–H and O–H groups in total. The van der Waals surface area contributed by atoms with Crippen LogP contribution in [0.4, 0.5) is 5.69 Å². The van der Waals surface area contributed by atoms with Crippen LogP contribution in [-0.2, 0) is 11.2 Å². The van der Waals surface area contributed by atoms with Crippen molar-refractivity contribution in [2.75, 3.05) is 11.9 Å². The van der Waals surface area contributed by atoms with Crippen molar-refractivity contribution in [3.63, 3.8) is 0 Å². The molecular weight excluding hydrogens is 264 g/mol. The summed E-state index contributed by atoms with van der Waals surface area (Å²) in [5.41, 5.74) is 2.07. The Hall–Kier alpha value is -1.55. The third-order valence-electron chi connectivity index (χ3n) is 3.53. The zero-order chi connectivity index (χ0) is 15.7. The van der Waals surface area contributed by atoms with Crippen molar-refractivity contribution in [1.82, 2.24) is 5.32 Å². The largest absolute Gasteiger partial charge is 0.394 e. The van der Waals surface area contributed by atoms with Crippen LogP contribution in [-0.4, -0.2) is 29.7 Å². The number of carbonyl (C=O) groups is 1. The minimum absolute atomic E-state index is 0.0135. The smallest absolute Gasteiger partial charge is 0.224 e. The van der Waals surface area contributed by atoms with E-state index >= 15 is 0 Å². The number of nitrogens with one attached hydrogen (secondary N) is 2. The summed E-state index contributed by atoms with van der Waals surface area (Å²) in [6, 6.07) is 8.28. The van der Waals surface area contributed by atoms with E-state index in [0.717, 1.165) is 30.5 Å². The van der Waals surface area contributed by atoms with Gasteiger partial charge in [0.2, 0.25) is 5.91 Å². The summed E-state index contributed by atoms with van der Waals surface area (Å²) < 4.78 is 0. The highest BCUT2D eigenvalue weighted by Crippen LogP contribution is 2.13. The van der Waals surface area contributed by atoms with E-state index < -0.39 is 0 Å². The van der Waals surface area contributed by atoms with Crippen LogP contribution in [0.25, 0.3) is 0 Å². The van der Waals surface area contributed by atoms with Gasteiger partial charge in [-0.25, -0.2) is 0 Å². The lowest BCUT2D eigenvalue weighted by molar-refractivity contribution is -0.121. The Kier molecular flexibility index (Phi) is 7.83. The molecule has 2 unspecified atom stereocenters. The molecule has 1 amide bonds. The maximum Gasteiger partial charge on any atom is 0.224 e. The maximum absolute atomic E-state index is 11.9. The van der Waals surface area contributed by atoms with Gasteiger partial charge in [0.1, 0.15) is 0 Å². The van der Waals surface area contributed by atoms with E-state index in [1.165, 1.54) is 0 Å². The minimum atomic E-state index is -0.145. The number of benzene rings is 1. The molecule has 1 aromatic rings. The molecule has 0 saturated carbocycles. The van der Waals surface area contributed by atoms with Gasteiger partial charge >= 0.3 is 0 Å². The number of amides is 1. The molecule has 0 bridgehead atoms. The van der Waals surface area contributed by atoms with Crippen molar-refractivity contribution >= 4 is 11.6 Å². The molecule has 0 aliphatic carbocycles. The van der Waals surface area contributed by atoms with Gasteiger partial charge in [0.15, 0.2) is 0 Å². The van der Waals surface area contributed by atoms with Crippen LogP contribution in [0.15, 0.2) is 24.3 Å². The molecular formula is C17H28N2O2. The Morgan fingerprint density at radius 3 is 2.43 bits per heavy atom. The Balaban J connectivity index is 2.48. The molecule has 0 fully saturated rings. The molecule has 1 aromatic carbocycles. The highest BCUT2D eigenvalue weighted by Gasteiger charge is 2.09. The van der Waals surface area contributed by atoms with E-state index in [2.05, 4.69) is 24.5 Å². The number of hydrogen-bond acceptors (Lipinski definition) is 3. The van der Waals surface area contributed by atoms with Gasteiger partial charge in [0, 0.05) is 11.7 Å². The van der Waals surface area contributed by atoms with E-state index in [9.17, 15) is 4.79 Å². The predicted molar refractivity (Wildman–Crippen MR) is 87.4 cm³/mol. The third-order valence-corrected chi connectivity index (χ3v) is 3.53. The molecule has 2 atom stereocenters. The Bertz CT molecular complexity index is 413. The van der Waals surface area contributed by atoms with Crippen molar-refractivity contribution in [3.05, 3.63) is 29.8 Å². The molecule has 1 rings (SSSR count). The molecule has 118 valence electrons. The number of anilines is 1. The van der Waals surface area contributed by atoms with Gasteiger partial charge in [0.25, 0.3) is 0 Å². The average molecular weight is 292 g/mol. The average Bonchev–Trinajstić information content (AvgIpc) is 2.47. The summed E-state index contributed by atoms with van der Waals surface area (Å²) in [7, 11) is 0. The van der Waals surface area contributed by atoms with E-state index in [1.54, 1.807) is 0 Å². The van der Waals surface area contributed by atoms with Crippen LogP contribution in [0, 0.1) is 0 Å². The van der Waals surface area contributed by atoms with Crippen LogP contribution in [0.3, 0.4) is 0 Å². The second-order valence-electron chi connectivity index (χ2n) is 5.56. The molecule has 4 heteroatoms. The normalized spacial score (nSPS) is 13.5. The van der Waals surface area contributed by atoms with Crippen molar-refractivity contribution in [2.24, 2.45) is 0 Å². The van der Waals surface area contributed by atoms with Gasteiger partial charge in [0.05, 0.1) is 19.1 Å². The number of hydrogen-bond donors (Lipinski definition) is 3. The van der Waals surface area contributed by atoms with E-state index in [0.29, 0.717) is 12.5 Å². The van der Waals surface area contributed by atoms with Gasteiger partial charge in [-0.3, -0.25) is 4.79 Å². The quantitative estimate of drug-likeness (QED) is 0.656. The zero-order valence-corrected chi connectivity index (χ0v) is 13.4. The number of aliphatic hydroxyl groups excluding tert-OH is 1. The van der Waals surface area contributed by atoms with Gasteiger partial charge in [-0.15, -0.1) is 0 Å². The number of rotatable bonds is 9. The maximum atomic E-state index is 11.9. The monoisotopic (exact) mass is 292 g/mol. The second-order valence-corrected chi connectivity index (χ2v) is 5.56. The highest BCUT2D eigenvalue weighted by atomic mass is 16.3. The first-order valence-electron chi connectivity index (χ1n) is 7.84. The molecule has 21 heavy (non-hydrogen) atoms. The van der Waals surface area contributed by atoms with Crippen LogP contribution < -0.4 is 10.6 Å². The molecule has 0 spiro atoms. The van der Waals surface area contributed by atoms with Crippen molar-refractivity contribution < 1.29 is 9.90 Å². The molecule has 4 nitrogen and oxygen atoms in total. The topological polar surface area (TPSA) is 61.4 Å². The van der Waals surface area contributed by atoms with Crippen molar-refractivity contribution in [1.29, 1.82) is 0 Å². The first-order chi connectivity index (χ1) is 10.1. The molecule has 0 aromatic heterocycles. The standard InChI is InChI=1S/C17H28N2O2/c1-4-6-13(3)18-16-9-7-14(8-10-16)11-17(21)19-15(5-2)12-20/h7-10,13,15,18,20H,4-6,11-12H2,1-3H3,(H,19,21). The van der Waals surface area contributed by atoms with Crippen LogP contribution in [0.5, 0.6) is 0 Å². The van der Waals surface area contributed by atoms with Gasteiger partial charge in [-0.1, -0.05) is 32.4 Å². The summed E-state index contributed by atoms with van der Waals surface area (Å²) in [5.74, 6) is -0.0454. The van der Waals surface area contributed by atoms with Crippen LogP contribution in [0.1, 0.15) is 45.6 Å². The minimum Gasteiger partial charge on any atom is -0.394 e. The molecule has 0 aliphatic heterocycles. The number of aliphatic hydroxyl groups is 1. The van der Waals surface area contributed by atoms with Crippen molar-refractivity contribution in [2.45, 2.75) is 58.5 Å². The van der Waals surface area contributed by atoms with E-state index in [1.807, 2.05) is 31.2 Å². The third kappa shape index (κ3) is 6.63. The Labute approximate surface area is 128 Å². The summed E-state index contributed by atoms with van der Waals surface area (Å²) in [4.78, 5) is 11.9. The summed E-state index contributed by atoms with van der Waals surface area (Å²) in [6.45, 7) is 6.28. The lowest BCUT2D eigenvalue weighted by Gasteiger charge is -2.15. The van der Waals surface area contributed by atoms with Crippen molar-refractivity contribution in [3.8, 4) is 0 Å². The SMILES string of the molecule is CCCC(C)Nc1ccc(CC(=O)NC(CC)CO)cc1. The number of carbonyl (C=O) groups excluding carboxylic acids is 1. The van der Waals surface area contributed by atoms with Gasteiger partial charge in [-0.05, 0) is 37.5 Å². The molecule has 0 aliphatic rings.